The van der Waals surface area contributed by atoms with Gasteiger partial charge in [0, 0.05) is 69.4 Å². The van der Waals surface area contributed by atoms with Gasteiger partial charge in [-0.1, -0.05) is 127 Å². The lowest BCUT2D eigenvalue weighted by molar-refractivity contribution is 0.414. The summed E-state index contributed by atoms with van der Waals surface area (Å²) in [5, 5.41) is 0. The minimum Gasteiger partial charge on any atom is -0.497 e. The lowest BCUT2D eigenvalue weighted by atomic mass is 9.97. The molecule has 0 aliphatic carbocycles. The van der Waals surface area contributed by atoms with E-state index in [2.05, 4.69) is 197 Å². The molecule has 0 heterocycles. The average molecular weight is 1070 g/mol. The van der Waals surface area contributed by atoms with E-state index in [1.54, 1.807) is 42.7 Å². The fourth-order valence-electron chi connectivity index (χ4n) is 9.61. The average Bonchev–Trinajstić information content (AvgIpc) is 3.55. The summed E-state index contributed by atoms with van der Waals surface area (Å²) in [6.45, 7) is 0. The zero-order valence-corrected chi connectivity index (χ0v) is 46.3. The van der Waals surface area contributed by atoms with Crippen LogP contribution in [-0.2, 0) is 0 Å². The van der Waals surface area contributed by atoms with Crippen molar-refractivity contribution in [3.63, 3.8) is 0 Å². The Balaban J connectivity index is 1.30. The molecule has 0 aliphatic heterocycles. The fraction of sp³-hybridized carbons (Fsp3) is 0.0833. The Hall–Kier alpha value is -10.4. The van der Waals surface area contributed by atoms with Crippen molar-refractivity contribution in [1.29, 1.82) is 0 Å². The number of anilines is 6. The van der Waals surface area contributed by atoms with Gasteiger partial charge >= 0.3 is 0 Å². The summed E-state index contributed by atoms with van der Waals surface area (Å²) in [5.41, 5.74) is 14.3. The lowest BCUT2D eigenvalue weighted by Crippen LogP contribution is -2.16. The largest absolute Gasteiger partial charge is 0.497 e. The van der Waals surface area contributed by atoms with Gasteiger partial charge in [-0.3, -0.25) is 0 Å². The Bertz CT molecular complexity index is 3160. The van der Waals surface area contributed by atoms with Crippen molar-refractivity contribution in [2.24, 2.45) is 0 Å². The summed E-state index contributed by atoms with van der Waals surface area (Å²) >= 11 is 0. The highest BCUT2D eigenvalue weighted by atomic mass is 16.5. The fourth-order valence-corrected chi connectivity index (χ4v) is 9.61. The Kier molecular flexibility index (Phi) is 17.2. The number of para-hydroxylation sites is 3. The van der Waals surface area contributed by atoms with Crippen LogP contribution in [0.4, 0.5) is 34.1 Å². The van der Waals surface area contributed by atoms with Gasteiger partial charge in [-0.15, -0.1) is 0 Å². The van der Waals surface area contributed by atoms with Gasteiger partial charge in [-0.25, -0.2) is 0 Å². The molecule has 81 heavy (non-hydrogen) atoms. The summed E-state index contributed by atoms with van der Waals surface area (Å²) in [4.78, 5) is 6.83. The highest BCUT2D eigenvalue weighted by Gasteiger charge is 2.22. The summed E-state index contributed by atoms with van der Waals surface area (Å²) in [5.74, 6) is 4.59. The van der Waals surface area contributed by atoms with Gasteiger partial charge in [-0.2, -0.15) is 0 Å². The number of methoxy groups -OCH3 is 6. The molecule has 9 nitrogen and oxygen atoms in total. The van der Waals surface area contributed by atoms with Crippen molar-refractivity contribution in [2.75, 3.05) is 57.4 Å². The van der Waals surface area contributed by atoms with Gasteiger partial charge in [0.2, 0.25) is 0 Å². The van der Waals surface area contributed by atoms with Crippen molar-refractivity contribution in [1.82, 2.24) is 0 Å². The van der Waals surface area contributed by atoms with Crippen LogP contribution in [-0.4, -0.2) is 42.7 Å². The number of benzene rings is 10. The van der Waals surface area contributed by atoms with E-state index in [-0.39, 0.29) is 0 Å². The molecule has 10 rings (SSSR count). The molecular formula is C72H63N3O6. The van der Waals surface area contributed by atoms with E-state index in [9.17, 15) is 0 Å². The van der Waals surface area contributed by atoms with Crippen LogP contribution in [0, 0.1) is 0 Å². The standard InChI is InChI=1S/C72H63N3O6/c1-76-64-34-22-52(23-35-64)70(53-24-36-65(77-2)37-25-53)49-73(58-16-10-7-11-17-58)61-46-62(74(59-18-12-8-13-19-59)50-71(54-26-38-66(78-3)39-27-54)55-28-40-67(79-4)41-29-55)48-63(47-61)75(60-20-14-9-15-21-60)51-72(56-30-42-68(80-5)43-31-56)57-32-44-69(81-6)45-33-57/h7-51H,1-6H3. The minimum absolute atomic E-state index is 0.764. The summed E-state index contributed by atoms with van der Waals surface area (Å²) in [6.07, 6.45) is 6.69. The number of hydrogen-bond donors (Lipinski definition) is 0. The second-order valence-corrected chi connectivity index (χ2v) is 18.8. The number of ether oxygens (including phenoxy) is 6. The van der Waals surface area contributed by atoms with Gasteiger partial charge in [0.1, 0.15) is 34.5 Å². The van der Waals surface area contributed by atoms with Crippen molar-refractivity contribution >= 4 is 50.8 Å². The van der Waals surface area contributed by atoms with Crippen LogP contribution in [0.1, 0.15) is 33.4 Å². The lowest BCUT2D eigenvalue weighted by Gasteiger charge is -2.31. The number of rotatable bonds is 21. The third kappa shape index (κ3) is 12.8. The third-order valence-electron chi connectivity index (χ3n) is 14.0. The Morgan fingerprint density at radius 3 is 0.556 bits per heavy atom. The van der Waals surface area contributed by atoms with Gasteiger partial charge in [0.15, 0.2) is 0 Å². The molecule has 0 aliphatic rings. The molecule has 0 fully saturated rings. The van der Waals surface area contributed by atoms with E-state index < -0.39 is 0 Å². The Labute approximate surface area is 475 Å². The van der Waals surface area contributed by atoms with Crippen molar-refractivity contribution in [3.8, 4) is 34.5 Å². The van der Waals surface area contributed by atoms with Crippen molar-refractivity contribution in [2.45, 2.75) is 0 Å². The first kappa shape index (κ1) is 54.0. The first-order valence-electron chi connectivity index (χ1n) is 26.5. The molecule has 0 saturated heterocycles. The Morgan fingerprint density at radius 2 is 0.395 bits per heavy atom. The minimum atomic E-state index is 0.764. The van der Waals surface area contributed by atoms with E-state index in [1.165, 1.54) is 0 Å². The summed E-state index contributed by atoms with van der Waals surface area (Å²) < 4.78 is 34.0. The van der Waals surface area contributed by atoms with Crippen LogP contribution < -0.4 is 43.1 Å². The SMILES string of the molecule is COc1ccc(C(=CN(c2ccccc2)c2cc(N(C=C(c3ccc(OC)cc3)c3ccc(OC)cc3)c3ccccc3)cc(N(C=C(c3ccc(OC)cc3)c3ccc(OC)cc3)c3ccccc3)c2)c2ccc(OC)cc2)cc1. The van der Waals surface area contributed by atoms with E-state index in [0.717, 1.165) is 119 Å². The molecule has 10 aromatic carbocycles. The molecular weight excluding hydrogens is 1000 g/mol. The maximum absolute atomic E-state index is 5.67. The molecule has 0 aromatic heterocycles. The maximum Gasteiger partial charge on any atom is 0.118 e. The van der Waals surface area contributed by atoms with Crippen molar-refractivity contribution < 1.29 is 28.4 Å². The van der Waals surface area contributed by atoms with Gasteiger partial charge in [0.05, 0.1) is 42.7 Å². The van der Waals surface area contributed by atoms with E-state index in [1.807, 2.05) is 91.0 Å². The zero-order chi connectivity index (χ0) is 55.9. The molecule has 0 bridgehead atoms. The summed E-state index contributed by atoms with van der Waals surface area (Å²) in [7, 11) is 10.1. The van der Waals surface area contributed by atoms with E-state index >= 15 is 0 Å². The van der Waals surface area contributed by atoms with Crippen LogP contribution in [0.15, 0.2) is 273 Å². The zero-order valence-electron chi connectivity index (χ0n) is 46.3. The smallest absolute Gasteiger partial charge is 0.118 e. The van der Waals surface area contributed by atoms with E-state index in [4.69, 9.17) is 28.4 Å². The molecule has 0 radical (unpaired) electrons. The predicted octanol–water partition coefficient (Wildman–Crippen LogP) is 17.4. The molecule has 9 heteroatoms. The van der Waals surface area contributed by atoms with E-state index in [0.29, 0.717) is 0 Å². The molecule has 0 amide bonds. The second kappa shape index (κ2) is 25.8. The van der Waals surface area contributed by atoms with Crippen LogP contribution in [0.3, 0.4) is 0 Å². The molecule has 0 saturated carbocycles. The summed E-state index contributed by atoms with van der Waals surface area (Å²) in [6, 6.07) is 87.4. The third-order valence-corrected chi connectivity index (χ3v) is 14.0. The molecule has 0 spiro atoms. The molecule has 0 N–H and O–H groups in total. The van der Waals surface area contributed by atoms with Crippen LogP contribution in [0.5, 0.6) is 34.5 Å². The molecule has 0 atom stereocenters. The van der Waals surface area contributed by atoms with Gasteiger partial charge < -0.3 is 43.1 Å². The normalized spacial score (nSPS) is 10.6. The molecule has 0 unspecified atom stereocenters. The Morgan fingerprint density at radius 1 is 0.222 bits per heavy atom. The van der Waals surface area contributed by atoms with Gasteiger partial charge in [0.25, 0.3) is 0 Å². The van der Waals surface area contributed by atoms with Gasteiger partial charge in [-0.05, 0) is 161 Å². The highest BCUT2D eigenvalue weighted by molar-refractivity contribution is 5.91. The first-order chi connectivity index (χ1) is 39.8. The topological polar surface area (TPSA) is 65.1 Å². The number of hydrogen-bond acceptors (Lipinski definition) is 9. The molecule has 10 aromatic rings. The maximum atomic E-state index is 5.67. The van der Waals surface area contributed by atoms with Crippen LogP contribution in [0.25, 0.3) is 16.7 Å². The van der Waals surface area contributed by atoms with Crippen molar-refractivity contribution in [3.05, 3.63) is 307 Å². The monoisotopic (exact) mass is 1070 g/mol. The van der Waals surface area contributed by atoms with Crippen LogP contribution >= 0.6 is 0 Å². The highest BCUT2D eigenvalue weighted by Crippen LogP contribution is 2.43. The van der Waals surface area contributed by atoms with Crippen LogP contribution in [0.2, 0.25) is 0 Å². The second-order valence-electron chi connectivity index (χ2n) is 18.8. The predicted molar refractivity (Wildman–Crippen MR) is 331 cm³/mol. The number of nitrogens with zero attached hydrogens (tertiary/aromatic N) is 3. The molecule has 402 valence electrons. The quantitative estimate of drug-likeness (QED) is 0.0700. The first-order valence-corrected chi connectivity index (χ1v) is 26.5.